The molecule has 0 saturated heterocycles. The number of amides is 1. The number of carbonyl (C=O) groups excluding carboxylic acids is 1. The minimum Gasteiger partial charge on any atom is -0.377 e. The fraction of sp³-hybridized carbons (Fsp3) is 0.688. The molecule has 10 nitrogen and oxygen atoms in total. The quantitative estimate of drug-likeness (QED) is 0.210. The molecule has 10 heteroatoms. The van der Waals surface area contributed by atoms with Crippen LogP contribution in [0.15, 0.2) is 30.3 Å². The fourth-order valence-electron chi connectivity index (χ4n) is 8.11. The van der Waals surface area contributed by atoms with Crippen LogP contribution in [0.3, 0.4) is 0 Å². The third-order valence-corrected chi connectivity index (χ3v) is 9.58. The normalized spacial score (nSPS) is 26.3. The van der Waals surface area contributed by atoms with E-state index in [0.29, 0.717) is 74.4 Å². The van der Waals surface area contributed by atoms with Crippen molar-refractivity contribution >= 4 is 23.8 Å². The first-order valence-electron chi connectivity index (χ1n) is 16.1. The second-order valence-corrected chi connectivity index (χ2v) is 13.0. The zero-order valence-corrected chi connectivity index (χ0v) is 24.8. The van der Waals surface area contributed by atoms with Crippen LogP contribution in [0.1, 0.15) is 74.6 Å². The van der Waals surface area contributed by atoms with E-state index in [0.717, 1.165) is 24.3 Å². The second kappa shape index (κ2) is 14.0. The number of nitrogens with zero attached hydrogens (tertiary/aromatic N) is 3. The molecule has 4 N–H and O–H groups in total. The van der Waals surface area contributed by atoms with Crippen molar-refractivity contribution < 1.29 is 14.3 Å². The van der Waals surface area contributed by atoms with Gasteiger partial charge in [-0.05, 0) is 86.7 Å². The van der Waals surface area contributed by atoms with Crippen molar-refractivity contribution in [1.82, 2.24) is 20.3 Å². The average molecular weight is 578 g/mol. The van der Waals surface area contributed by atoms with Crippen LogP contribution in [0.2, 0.25) is 0 Å². The number of aromatic nitrogens is 3. The van der Waals surface area contributed by atoms with Gasteiger partial charge in [-0.3, -0.25) is 4.79 Å². The summed E-state index contributed by atoms with van der Waals surface area (Å²) in [5, 5.41) is 13.4. The molecule has 228 valence electrons. The summed E-state index contributed by atoms with van der Waals surface area (Å²) in [4.78, 5) is 26.2. The number of nitrogens with one attached hydrogen (secondary N) is 4. The monoisotopic (exact) mass is 577 g/mol. The van der Waals surface area contributed by atoms with Gasteiger partial charge in [-0.15, -0.1) is 0 Å². The molecule has 0 radical (unpaired) electrons. The summed E-state index contributed by atoms with van der Waals surface area (Å²) < 4.78 is 11.3. The number of anilines is 3. The number of hydrogen-bond donors (Lipinski definition) is 4. The molecule has 1 amide bonds. The summed E-state index contributed by atoms with van der Waals surface area (Å²) >= 11 is 0. The highest BCUT2D eigenvalue weighted by atomic mass is 16.5. The van der Waals surface area contributed by atoms with Gasteiger partial charge in [0.05, 0.1) is 26.4 Å². The van der Waals surface area contributed by atoms with Gasteiger partial charge in [0.1, 0.15) is 0 Å². The lowest BCUT2D eigenvalue weighted by molar-refractivity contribution is -0.0445. The molecule has 5 fully saturated rings. The van der Waals surface area contributed by atoms with E-state index in [2.05, 4.69) is 26.3 Å². The zero-order chi connectivity index (χ0) is 28.6. The van der Waals surface area contributed by atoms with Crippen molar-refractivity contribution in [3.63, 3.8) is 0 Å². The number of rotatable bonds is 16. The molecule has 1 heterocycles. The molecule has 0 spiro atoms. The minimum atomic E-state index is -0.0902. The van der Waals surface area contributed by atoms with Crippen molar-refractivity contribution in [1.29, 1.82) is 0 Å². The molecule has 1 aromatic heterocycles. The maximum absolute atomic E-state index is 12.0. The Labute approximate surface area is 249 Å². The van der Waals surface area contributed by atoms with E-state index in [4.69, 9.17) is 19.4 Å². The van der Waals surface area contributed by atoms with Crippen LogP contribution in [0, 0.1) is 23.2 Å². The summed E-state index contributed by atoms with van der Waals surface area (Å²) in [5.41, 5.74) is 1.07. The molecule has 5 aliphatic carbocycles. The van der Waals surface area contributed by atoms with E-state index < -0.39 is 0 Å². The Morgan fingerprint density at radius 1 is 0.762 bits per heavy atom. The SMILES string of the molecule is O=C(NCCOCCOCCNc1nc(NCC23CC4CC(CC(C4)C2)C3)nc(NC2CCCC2)n1)c1ccccc1. The van der Waals surface area contributed by atoms with Gasteiger partial charge in [-0.2, -0.15) is 15.0 Å². The first-order chi connectivity index (χ1) is 20.6. The highest BCUT2D eigenvalue weighted by molar-refractivity contribution is 5.94. The summed E-state index contributed by atoms with van der Waals surface area (Å²) in [6, 6.07) is 9.62. The van der Waals surface area contributed by atoms with Gasteiger partial charge in [0.25, 0.3) is 5.91 Å². The lowest BCUT2D eigenvalue weighted by Gasteiger charge is -2.56. The van der Waals surface area contributed by atoms with Crippen molar-refractivity contribution in [3.8, 4) is 0 Å². The van der Waals surface area contributed by atoms with Crippen LogP contribution >= 0.6 is 0 Å². The molecule has 1 aromatic carbocycles. The summed E-state index contributed by atoms with van der Waals surface area (Å²) in [7, 11) is 0. The Balaban J connectivity index is 0.918. The second-order valence-electron chi connectivity index (χ2n) is 13.0. The van der Waals surface area contributed by atoms with Gasteiger partial charge in [-0.25, -0.2) is 0 Å². The van der Waals surface area contributed by atoms with E-state index in [-0.39, 0.29) is 5.91 Å². The molecule has 7 rings (SSSR count). The first kappa shape index (κ1) is 29.1. The average Bonchev–Trinajstić information content (AvgIpc) is 3.50. The third kappa shape index (κ3) is 7.89. The lowest BCUT2D eigenvalue weighted by atomic mass is 9.49. The number of hydrogen-bond acceptors (Lipinski definition) is 9. The van der Waals surface area contributed by atoms with Crippen LogP contribution in [-0.4, -0.2) is 73.0 Å². The molecule has 42 heavy (non-hydrogen) atoms. The van der Waals surface area contributed by atoms with Crippen LogP contribution in [0.4, 0.5) is 17.8 Å². The van der Waals surface area contributed by atoms with E-state index >= 15 is 0 Å². The molecular weight excluding hydrogens is 530 g/mol. The van der Waals surface area contributed by atoms with Crippen molar-refractivity contribution in [2.75, 3.05) is 62.0 Å². The van der Waals surface area contributed by atoms with Gasteiger partial charge in [-0.1, -0.05) is 31.0 Å². The van der Waals surface area contributed by atoms with Gasteiger partial charge >= 0.3 is 0 Å². The highest BCUT2D eigenvalue weighted by Gasteiger charge is 2.50. The minimum absolute atomic E-state index is 0.0902. The van der Waals surface area contributed by atoms with Crippen LogP contribution < -0.4 is 21.3 Å². The Bertz CT molecular complexity index is 1120. The Kier molecular flexibility index (Phi) is 9.70. The maximum Gasteiger partial charge on any atom is 0.251 e. The topological polar surface area (TPSA) is 122 Å². The van der Waals surface area contributed by atoms with Crippen molar-refractivity contribution in [2.24, 2.45) is 23.2 Å². The van der Waals surface area contributed by atoms with Crippen molar-refractivity contribution in [3.05, 3.63) is 35.9 Å². The molecule has 0 aliphatic heterocycles. The molecule has 5 aliphatic rings. The van der Waals surface area contributed by atoms with Crippen LogP contribution in [0.5, 0.6) is 0 Å². The van der Waals surface area contributed by atoms with Gasteiger partial charge < -0.3 is 30.7 Å². The third-order valence-electron chi connectivity index (χ3n) is 9.58. The number of ether oxygens (including phenoxy) is 2. The van der Waals surface area contributed by atoms with Crippen molar-refractivity contribution in [2.45, 2.75) is 70.3 Å². The molecule has 0 unspecified atom stereocenters. The van der Waals surface area contributed by atoms with E-state index in [1.165, 1.54) is 64.2 Å². The summed E-state index contributed by atoms with van der Waals surface area (Å²) in [6.07, 6.45) is 13.3. The smallest absolute Gasteiger partial charge is 0.251 e. The highest BCUT2D eigenvalue weighted by Crippen LogP contribution is 2.59. The van der Waals surface area contributed by atoms with Crippen LogP contribution in [0.25, 0.3) is 0 Å². The Hall–Kier alpha value is -2.98. The maximum atomic E-state index is 12.0. The molecule has 4 bridgehead atoms. The van der Waals surface area contributed by atoms with Crippen LogP contribution in [-0.2, 0) is 9.47 Å². The standard InChI is InChI=1S/C32H47N7O3/c40-28(26-6-2-1-3-7-26)33-10-12-41-14-15-42-13-11-34-29-37-30(39-31(38-29)36-27-8-4-5-9-27)35-22-32-19-23-16-24(20-32)18-25(17-23)21-32/h1-3,6-7,23-25,27H,4-5,8-22H2,(H,33,40)(H3,34,35,36,37,38,39). The van der Waals surface area contributed by atoms with E-state index in [1.54, 1.807) is 12.1 Å². The Morgan fingerprint density at radius 2 is 1.36 bits per heavy atom. The molecule has 0 atom stereocenters. The molecule has 5 saturated carbocycles. The molecular formula is C32H47N7O3. The summed E-state index contributed by atoms with van der Waals surface area (Å²) in [5.74, 6) is 4.59. The van der Waals surface area contributed by atoms with Gasteiger partial charge in [0.2, 0.25) is 17.8 Å². The Morgan fingerprint density at radius 3 is 2.02 bits per heavy atom. The zero-order valence-electron chi connectivity index (χ0n) is 24.8. The number of benzene rings is 1. The fourth-order valence-corrected chi connectivity index (χ4v) is 8.11. The lowest BCUT2D eigenvalue weighted by Crippen LogP contribution is -2.49. The van der Waals surface area contributed by atoms with E-state index in [9.17, 15) is 4.79 Å². The first-order valence-corrected chi connectivity index (χ1v) is 16.1. The van der Waals surface area contributed by atoms with Gasteiger partial charge in [0, 0.05) is 31.2 Å². The predicted octanol–water partition coefficient (Wildman–Crippen LogP) is 4.73. The summed E-state index contributed by atoms with van der Waals surface area (Å²) in [6.45, 7) is 3.93. The largest absolute Gasteiger partial charge is 0.377 e. The van der Waals surface area contributed by atoms with Gasteiger partial charge in [0.15, 0.2) is 0 Å². The number of carbonyl (C=O) groups is 1. The van der Waals surface area contributed by atoms with E-state index in [1.807, 2.05) is 18.2 Å². The molecule has 2 aromatic rings. The predicted molar refractivity (Wildman–Crippen MR) is 164 cm³/mol.